The quantitative estimate of drug-likeness (QED) is 0.126. The van der Waals surface area contributed by atoms with Gasteiger partial charge < -0.3 is 0 Å². The second-order valence-electron chi connectivity index (χ2n) is 9.34. The van der Waals surface area contributed by atoms with Crippen LogP contribution in [0.4, 0.5) is 15.9 Å². The van der Waals surface area contributed by atoms with Gasteiger partial charge >= 0.3 is 227 Å². The Morgan fingerprint density at radius 1 is 0.526 bits per heavy atom. The van der Waals surface area contributed by atoms with E-state index < -0.39 is 0 Å². The van der Waals surface area contributed by atoms with Crippen LogP contribution in [0.2, 0.25) is 0 Å². The van der Waals surface area contributed by atoms with Crippen LogP contribution in [-0.2, 0) is 0 Å². The number of carbonyl (C=O) groups excluding carboxylic acids is 2. The maximum absolute atomic E-state index is 13.0. The normalized spacial score (nSPS) is 12.8. The van der Waals surface area contributed by atoms with Crippen molar-refractivity contribution in [2.24, 2.45) is 0 Å². The van der Waals surface area contributed by atoms with Crippen LogP contribution in [-0.4, -0.2) is 26.1 Å². The number of benzene rings is 5. The fourth-order valence-corrected chi connectivity index (χ4v) is 7.20. The molecule has 0 radical (unpaired) electrons. The summed E-state index contributed by atoms with van der Waals surface area (Å²) in [5.41, 5.74) is 3.41. The summed E-state index contributed by atoms with van der Waals surface area (Å²) in [7, 11) is 0. The van der Waals surface area contributed by atoms with E-state index in [1.807, 2.05) is 6.07 Å². The van der Waals surface area contributed by atoms with Gasteiger partial charge in [-0.15, -0.1) is 0 Å². The molecule has 0 bridgehead atoms. The van der Waals surface area contributed by atoms with Crippen LogP contribution in [0, 0.1) is 0 Å². The van der Waals surface area contributed by atoms with Gasteiger partial charge in [-0.1, -0.05) is 0 Å². The molecule has 0 amide bonds. The monoisotopic (exact) mass is 555 g/mol. The number of carbonyl (C=O) groups is 2. The molecule has 0 N–H and O–H groups in total. The Labute approximate surface area is 226 Å². The summed E-state index contributed by atoms with van der Waals surface area (Å²) in [5, 5.41) is 4.75. The molecule has 0 unspecified atom stereocenters. The number of hydrogen-bond acceptors (Lipinski definition) is 3. The molecule has 5 aromatic carbocycles. The molecule has 0 saturated heterocycles. The molecule has 1 aliphatic rings. The summed E-state index contributed by atoms with van der Waals surface area (Å²) in [6, 6.07) is 41.0. The molecule has 1 heterocycles. The van der Waals surface area contributed by atoms with E-state index >= 15 is 0 Å². The average molecular weight is 555 g/mol. The van der Waals surface area contributed by atoms with Crippen molar-refractivity contribution in [1.29, 1.82) is 0 Å². The van der Waals surface area contributed by atoms with E-state index in [0.29, 0.717) is 11.1 Å². The Balaban J connectivity index is 1.34. The van der Waals surface area contributed by atoms with Gasteiger partial charge in [-0.3, -0.25) is 0 Å². The van der Waals surface area contributed by atoms with Crippen LogP contribution in [0.5, 0.6) is 0 Å². The van der Waals surface area contributed by atoms with E-state index in [-0.39, 0.29) is 31.6 Å². The van der Waals surface area contributed by atoms with Crippen molar-refractivity contribution in [2.75, 3.05) is 4.90 Å². The summed E-state index contributed by atoms with van der Waals surface area (Å²) in [4.78, 5) is 28.2. The molecule has 0 fully saturated rings. The van der Waals surface area contributed by atoms with Gasteiger partial charge in [-0.05, 0) is 0 Å². The number of ketones is 2. The minimum atomic E-state index is -0.184. The summed E-state index contributed by atoms with van der Waals surface area (Å²) < 4.78 is 2.15. The molecule has 1 aromatic heterocycles. The first-order valence-electron chi connectivity index (χ1n) is 12.4. The van der Waals surface area contributed by atoms with E-state index in [9.17, 15) is 9.59 Å². The van der Waals surface area contributed by atoms with Crippen LogP contribution < -0.4 is 4.90 Å². The van der Waals surface area contributed by atoms with Gasteiger partial charge in [0.25, 0.3) is 0 Å². The number of nitrogens with zero attached hydrogens (tertiary/aromatic N) is 1. The van der Waals surface area contributed by atoms with Gasteiger partial charge in [0.1, 0.15) is 0 Å². The first-order chi connectivity index (χ1) is 18.7. The van der Waals surface area contributed by atoms with E-state index in [0.717, 1.165) is 20.4 Å². The summed E-state index contributed by atoms with van der Waals surface area (Å²) >= 11 is -0.0976. The Kier molecular flexibility index (Phi) is 5.44. The number of fused-ring (bicyclic) bond motifs is 3. The number of anilines is 3. The zero-order valence-corrected chi connectivity index (χ0v) is 22.0. The van der Waals surface area contributed by atoms with Gasteiger partial charge in [0.05, 0.1) is 0 Å². The van der Waals surface area contributed by atoms with Gasteiger partial charge in [0.15, 0.2) is 0 Å². The maximum atomic E-state index is 13.0. The zero-order chi connectivity index (χ0) is 25.6. The molecule has 6 aromatic rings. The zero-order valence-electron chi connectivity index (χ0n) is 20.3. The van der Waals surface area contributed by atoms with Crippen molar-refractivity contribution in [2.45, 2.75) is 0 Å². The Bertz CT molecular complexity index is 1810. The third-order valence-corrected chi connectivity index (χ3v) is 9.14. The Hall–Kier alpha value is -4.50. The average Bonchev–Trinajstić information content (AvgIpc) is 3.52. The van der Waals surface area contributed by atoms with Crippen molar-refractivity contribution in [3.8, 4) is 0 Å². The summed E-state index contributed by atoms with van der Waals surface area (Å²) in [5.74, 6) is -0.367. The van der Waals surface area contributed by atoms with E-state index in [1.165, 1.54) is 21.5 Å². The molecule has 0 spiro atoms. The summed E-state index contributed by atoms with van der Waals surface area (Å²) in [6.45, 7) is 0. The number of rotatable bonds is 4. The van der Waals surface area contributed by atoms with Crippen LogP contribution in [0.15, 0.2) is 127 Å². The van der Waals surface area contributed by atoms with Gasteiger partial charge in [0, 0.05) is 0 Å². The van der Waals surface area contributed by atoms with Crippen molar-refractivity contribution < 1.29 is 9.59 Å². The second kappa shape index (κ2) is 9.11. The third-order valence-electron chi connectivity index (χ3n) is 7.01. The Morgan fingerprint density at radius 3 is 1.58 bits per heavy atom. The van der Waals surface area contributed by atoms with Crippen LogP contribution in [0.3, 0.4) is 0 Å². The first-order valence-corrected chi connectivity index (χ1v) is 14.1. The van der Waals surface area contributed by atoms with Gasteiger partial charge in [-0.25, -0.2) is 0 Å². The molecule has 7 rings (SSSR count). The predicted molar refractivity (Wildman–Crippen MR) is 156 cm³/mol. The van der Waals surface area contributed by atoms with Crippen molar-refractivity contribution in [3.63, 3.8) is 0 Å². The first kappa shape index (κ1) is 22.7. The van der Waals surface area contributed by atoms with Crippen LogP contribution in [0.1, 0.15) is 25.2 Å². The van der Waals surface area contributed by atoms with E-state index in [1.54, 1.807) is 30.3 Å². The molecule has 1 aliphatic carbocycles. The van der Waals surface area contributed by atoms with E-state index in [2.05, 4.69) is 95.9 Å². The number of hydrogen-bond donors (Lipinski definition) is 0. The second-order valence-corrected chi connectivity index (χ2v) is 11.6. The molecule has 0 atom stereocenters. The topological polar surface area (TPSA) is 37.4 Å². The molecular weight excluding hydrogens is 533 g/mol. The van der Waals surface area contributed by atoms with Crippen LogP contribution >= 0.6 is 0 Å². The number of allylic oxidation sites excluding steroid dienone is 1. The molecule has 38 heavy (non-hydrogen) atoms. The van der Waals surface area contributed by atoms with Crippen LogP contribution in [0.25, 0.3) is 27.6 Å². The molecule has 180 valence electrons. The summed E-state index contributed by atoms with van der Waals surface area (Å²) in [6.07, 6.45) is 1.80. The van der Waals surface area contributed by atoms with Gasteiger partial charge in [-0.2, -0.15) is 0 Å². The van der Waals surface area contributed by atoms with Crippen molar-refractivity contribution in [1.82, 2.24) is 0 Å². The Morgan fingerprint density at radius 2 is 1.03 bits per heavy atom. The number of Topliss-reactive ketones (excluding diaryl/α,β-unsaturated/α-hetero) is 2. The standard InChI is InChI=1S/C34H21NO2Se/c36-33-29-11-5-6-12-30(29)34(37)31(33)21-28-17-18-32(38-28)35(26-15-13-22-7-1-3-9-24(22)19-26)27-16-14-23-8-2-4-10-25(23)20-27/h1-21H. The molecule has 0 aliphatic heterocycles. The molecule has 4 heteroatoms. The minimum absolute atomic E-state index is 0.0976. The fraction of sp³-hybridized carbons (Fsp3) is 0. The molecule has 0 saturated carbocycles. The third kappa shape index (κ3) is 3.83. The van der Waals surface area contributed by atoms with Crippen molar-refractivity contribution >= 4 is 69.6 Å². The molecule has 3 nitrogen and oxygen atoms in total. The van der Waals surface area contributed by atoms with Crippen molar-refractivity contribution in [3.05, 3.63) is 142 Å². The molecular formula is C34H21NO2Se. The van der Waals surface area contributed by atoms with E-state index in [4.69, 9.17) is 0 Å². The van der Waals surface area contributed by atoms with Gasteiger partial charge in [0.2, 0.25) is 0 Å². The SMILES string of the molecule is O=C1C(=Cc2ccc(N(c3ccc4ccccc4c3)c3ccc4ccccc4c3)[se]2)C(=O)c2ccccc21. The fourth-order valence-electron chi connectivity index (χ4n) is 5.12. The predicted octanol–water partition coefficient (Wildman–Crippen LogP) is 7.98.